The van der Waals surface area contributed by atoms with Crippen LogP contribution >= 0.6 is 0 Å². The molecule has 0 saturated carbocycles. The van der Waals surface area contributed by atoms with E-state index >= 15 is 4.39 Å². The van der Waals surface area contributed by atoms with E-state index in [0.717, 1.165) is 0 Å². The minimum absolute atomic E-state index is 0.000567. The molecule has 0 amide bonds. The number of halogens is 4. The van der Waals surface area contributed by atoms with Crippen molar-refractivity contribution >= 4 is 22.5 Å². The minimum atomic E-state index is -2.62. The molecule has 2 atom stereocenters. The molecule has 13 heteroatoms. The molecule has 0 aliphatic carbocycles. The lowest BCUT2D eigenvalue weighted by Crippen LogP contribution is -2.57. The first-order valence-electron chi connectivity index (χ1n) is 12.4. The van der Waals surface area contributed by atoms with E-state index in [0.29, 0.717) is 29.6 Å². The largest absolute Gasteiger partial charge is 0.479 e. The molecule has 2 saturated heterocycles. The van der Waals surface area contributed by atoms with Crippen molar-refractivity contribution < 1.29 is 28.4 Å². The lowest BCUT2D eigenvalue weighted by Gasteiger charge is -2.42. The second-order valence-electron chi connectivity index (χ2n) is 9.14. The van der Waals surface area contributed by atoms with Crippen LogP contribution in [-0.4, -0.2) is 87.1 Å². The molecule has 2 aliphatic heterocycles. The van der Waals surface area contributed by atoms with E-state index in [-0.39, 0.29) is 42.6 Å². The Kier molecular flexibility index (Phi) is 5.80. The van der Waals surface area contributed by atoms with Gasteiger partial charge in [-0.3, -0.25) is 4.90 Å². The van der Waals surface area contributed by atoms with E-state index in [1.807, 2.05) is 0 Å². The van der Waals surface area contributed by atoms with E-state index in [1.54, 1.807) is 23.2 Å². The Morgan fingerprint density at radius 1 is 1.32 bits per heavy atom. The lowest BCUT2D eigenvalue weighted by atomic mass is 10.0. The Hall–Kier alpha value is -3.45. The number of hydrogen-bond donors (Lipinski definition) is 1. The summed E-state index contributed by atoms with van der Waals surface area (Å²) in [6.07, 6.45) is -0.590. The zero-order valence-corrected chi connectivity index (χ0v) is 19.9. The Morgan fingerprint density at radius 3 is 2.86 bits per heavy atom. The average molecular weight is 521 g/mol. The zero-order chi connectivity index (χ0) is 26.6. The Morgan fingerprint density at radius 2 is 2.16 bits per heavy atom. The Labute approximate surface area is 210 Å². The smallest absolute Gasteiger partial charge is 0.256 e. The standard InChI is InChI=1S/C24H25F4N7O2/c1-36-23-22-15(13-6-16(25)21-19(7-13)34(12-29-21)9-20(27)28)2-5-35(22)32-24(31-23)30-18-3-4-33(8-17(18)26)14-10-37-11-14/h2,5-7,12,14,17-18,20H,3-4,8-11H2,1H3,(H,30,32)/t17-,18-/m1/s1/i14D. The summed E-state index contributed by atoms with van der Waals surface area (Å²) in [5, 5.41) is 7.50. The van der Waals surface area contributed by atoms with Gasteiger partial charge in [0.15, 0.2) is 5.82 Å². The molecule has 6 rings (SSSR count). The molecule has 0 bridgehead atoms. The van der Waals surface area contributed by atoms with Crippen molar-refractivity contribution in [1.82, 2.24) is 29.0 Å². The third-order valence-corrected chi connectivity index (χ3v) is 6.84. The minimum Gasteiger partial charge on any atom is -0.479 e. The van der Waals surface area contributed by atoms with Gasteiger partial charge >= 0.3 is 0 Å². The van der Waals surface area contributed by atoms with Crippen LogP contribution in [0.2, 0.25) is 0 Å². The molecule has 1 aromatic carbocycles. The summed E-state index contributed by atoms with van der Waals surface area (Å²) in [5.74, 6) is -0.318. The number of likely N-dealkylation sites (tertiary alicyclic amines) is 1. The number of nitrogens with zero attached hydrogens (tertiary/aromatic N) is 6. The van der Waals surface area contributed by atoms with Gasteiger partial charge in [0, 0.05) is 24.8 Å². The maximum absolute atomic E-state index is 15.0. The van der Waals surface area contributed by atoms with Crippen LogP contribution in [0.4, 0.5) is 23.5 Å². The normalized spacial score (nSPS) is 22.4. The number of aromatic nitrogens is 5. The summed E-state index contributed by atoms with van der Waals surface area (Å²) in [5.41, 5.74) is 1.61. The number of piperidine rings is 1. The van der Waals surface area contributed by atoms with Crippen molar-refractivity contribution in [3.63, 3.8) is 0 Å². The number of alkyl halides is 3. The van der Waals surface area contributed by atoms with Crippen LogP contribution in [0.1, 0.15) is 7.79 Å². The monoisotopic (exact) mass is 520 g/mol. The van der Waals surface area contributed by atoms with Crippen molar-refractivity contribution in [2.45, 2.75) is 37.6 Å². The van der Waals surface area contributed by atoms with Crippen molar-refractivity contribution in [2.24, 2.45) is 0 Å². The zero-order valence-electron chi connectivity index (χ0n) is 20.9. The fourth-order valence-corrected chi connectivity index (χ4v) is 4.90. The molecule has 0 radical (unpaired) electrons. The quantitative estimate of drug-likeness (QED) is 0.374. The number of rotatable bonds is 7. The highest BCUT2D eigenvalue weighted by Gasteiger charge is 2.35. The molecule has 4 aromatic rings. The summed E-state index contributed by atoms with van der Waals surface area (Å²) < 4.78 is 77.6. The van der Waals surface area contributed by atoms with Crippen molar-refractivity contribution in [1.29, 1.82) is 0 Å². The SMILES string of the molecule is [2H]C1(N2CC[C@@H](Nc3nc(OC)c4c(-c5cc(F)c6ncn(CC(F)F)c6c5)ccn4n3)[C@H](F)C2)COC1. The Bertz CT molecular complexity index is 1490. The van der Waals surface area contributed by atoms with E-state index in [4.69, 9.17) is 10.8 Å². The number of methoxy groups -OCH3 is 1. The van der Waals surface area contributed by atoms with Gasteiger partial charge in [0.25, 0.3) is 6.43 Å². The van der Waals surface area contributed by atoms with Gasteiger partial charge in [0.2, 0.25) is 11.8 Å². The van der Waals surface area contributed by atoms with Gasteiger partial charge in [-0.05, 0) is 30.2 Å². The van der Waals surface area contributed by atoms with E-state index < -0.39 is 37.0 Å². The lowest BCUT2D eigenvalue weighted by molar-refractivity contribution is -0.0794. The number of fused-ring (bicyclic) bond motifs is 2. The van der Waals surface area contributed by atoms with Gasteiger partial charge in [-0.1, -0.05) is 0 Å². The molecule has 1 N–H and O–H groups in total. The molecule has 0 unspecified atom stereocenters. The van der Waals surface area contributed by atoms with Crippen molar-refractivity contribution in [3.05, 3.63) is 36.5 Å². The van der Waals surface area contributed by atoms with Crippen molar-refractivity contribution in [3.8, 4) is 17.0 Å². The van der Waals surface area contributed by atoms with Gasteiger partial charge in [-0.25, -0.2) is 27.1 Å². The van der Waals surface area contributed by atoms with Crippen LogP contribution < -0.4 is 10.1 Å². The number of imidazole rings is 1. The maximum atomic E-state index is 15.0. The summed E-state index contributed by atoms with van der Waals surface area (Å²) in [6.45, 7) is 0.580. The molecular formula is C24H25F4N7O2. The van der Waals surface area contributed by atoms with Gasteiger partial charge in [-0.2, -0.15) is 4.98 Å². The van der Waals surface area contributed by atoms with Gasteiger partial charge in [-0.15, -0.1) is 5.10 Å². The highest BCUT2D eigenvalue weighted by atomic mass is 19.3. The molecule has 3 aromatic heterocycles. The van der Waals surface area contributed by atoms with Crippen LogP contribution in [-0.2, 0) is 11.3 Å². The predicted molar refractivity (Wildman–Crippen MR) is 127 cm³/mol. The topological polar surface area (TPSA) is 81.7 Å². The first-order chi connectivity index (χ1) is 18.3. The molecule has 9 nitrogen and oxygen atoms in total. The average Bonchev–Trinajstić information content (AvgIpc) is 3.47. The van der Waals surface area contributed by atoms with Crippen LogP contribution in [0, 0.1) is 5.82 Å². The molecule has 2 fully saturated rings. The third-order valence-electron chi connectivity index (χ3n) is 6.84. The number of benzene rings is 1. The van der Waals surface area contributed by atoms with Crippen LogP contribution in [0.15, 0.2) is 30.7 Å². The fourth-order valence-electron chi connectivity index (χ4n) is 4.90. The molecule has 2 aliphatic rings. The fraction of sp³-hybridized carbons (Fsp3) is 0.458. The van der Waals surface area contributed by atoms with Crippen LogP contribution in [0.25, 0.3) is 27.7 Å². The molecule has 37 heavy (non-hydrogen) atoms. The number of anilines is 1. The maximum Gasteiger partial charge on any atom is 0.256 e. The molecule has 0 spiro atoms. The van der Waals surface area contributed by atoms with Crippen LogP contribution in [0.3, 0.4) is 0 Å². The third kappa shape index (κ3) is 4.35. The predicted octanol–water partition coefficient (Wildman–Crippen LogP) is 3.38. The van der Waals surface area contributed by atoms with Crippen molar-refractivity contribution in [2.75, 3.05) is 38.7 Å². The second kappa shape index (κ2) is 9.45. The molecule has 5 heterocycles. The summed E-state index contributed by atoms with van der Waals surface area (Å²) in [4.78, 5) is 10.1. The van der Waals surface area contributed by atoms with E-state index in [9.17, 15) is 13.2 Å². The summed E-state index contributed by atoms with van der Waals surface area (Å²) in [6, 6.07) is 3.13. The summed E-state index contributed by atoms with van der Waals surface area (Å²) in [7, 11) is 1.43. The van der Waals surface area contributed by atoms with Gasteiger partial charge in [0.1, 0.15) is 17.2 Å². The van der Waals surface area contributed by atoms with Crippen LogP contribution in [0.5, 0.6) is 5.88 Å². The molecule has 196 valence electrons. The van der Waals surface area contributed by atoms with Gasteiger partial charge < -0.3 is 19.4 Å². The van der Waals surface area contributed by atoms with E-state index in [2.05, 4.69) is 20.4 Å². The first-order valence-corrected chi connectivity index (χ1v) is 11.9. The number of hydrogen-bond acceptors (Lipinski definition) is 7. The number of nitrogens with one attached hydrogen (secondary N) is 1. The second-order valence-corrected chi connectivity index (χ2v) is 9.14. The van der Waals surface area contributed by atoms with Gasteiger partial charge in [0.05, 0.1) is 52.1 Å². The molecular weight excluding hydrogens is 494 g/mol. The summed E-state index contributed by atoms with van der Waals surface area (Å²) >= 11 is 0. The highest BCUT2D eigenvalue weighted by molar-refractivity contribution is 5.90. The highest BCUT2D eigenvalue weighted by Crippen LogP contribution is 2.34. The first kappa shape index (κ1) is 22.7. The Balaban J connectivity index is 1.30. The van der Waals surface area contributed by atoms with E-state index in [1.165, 1.54) is 28.6 Å². The number of ether oxygens (including phenoxy) is 2.